The Morgan fingerprint density at radius 3 is 2.39 bits per heavy atom. The molecule has 3 amide bonds. The van der Waals surface area contributed by atoms with E-state index in [0.717, 1.165) is 11.8 Å². The third-order valence-electron chi connectivity index (χ3n) is 6.99. The van der Waals surface area contributed by atoms with Gasteiger partial charge in [-0.05, 0) is 50.3 Å². The summed E-state index contributed by atoms with van der Waals surface area (Å²) in [5.41, 5.74) is 4.67. The fourth-order valence-electron chi connectivity index (χ4n) is 3.96. The van der Waals surface area contributed by atoms with E-state index in [2.05, 4.69) is 20.9 Å². The molecule has 270 valence electrons. The monoisotopic (exact) mass is 739 g/mol. The third-order valence-corrected chi connectivity index (χ3v) is 9.70. The van der Waals surface area contributed by atoms with Gasteiger partial charge in [-0.15, -0.1) is 11.3 Å². The van der Waals surface area contributed by atoms with E-state index < -0.39 is 51.6 Å². The fraction of sp³-hybridized carbons (Fsp3) is 0.500. The van der Waals surface area contributed by atoms with E-state index in [9.17, 15) is 32.4 Å². The molecule has 0 saturated carbocycles. The summed E-state index contributed by atoms with van der Waals surface area (Å²) in [6, 6.07) is 5.87. The van der Waals surface area contributed by atoms with E-state index >= 15 is 0 Å². The second-order valence-electron chi connectivity index (χ2n) is 12.3. The first-order chi connectivity index (χ1) is 22.8. The van der Waals surface area contributed by atoms with Crippen LogP contribution in [0, 0.1) is 11.8 Å². The minimum absolute atomic E-state index is 0.0454. The van der Waals surface area contributed by atoms with Gasteiger partial charge < -0.3 is 26.4 Å². The maximum atomic E-state index is 13.1. The van der Waals surface area contributed by atoms with Crippen molar-refractivity contribution in [2.45, 2.75) is 89.6 Å². The molecule has 2 bridgehead atoms. The van der Waals surface area contributed by atoms with E-state index in [4.69, 9.17) is 15.0 Å². The zero-order chi connectivity index (χ0) is 36.9. The molecule has 6 N–H and O–H groups in total. The van der Waals surface area contributed by atoms with Crippen LogP contribution in [0.5, 0.6) is 0 Å². The van der Waals surface area contributed by atoms with Crippen molar-refractivity contribution >= 4 is 62.0 Å². The highest BCUT2D eigenvalue weighted by Gasteiger charge is 2.36. The molecule has 0 radical (unpaired) electrons. The van der Waals surface area contributed by atoms with E-state index in [0.29, 0.717) is 17.2 Å². The van der Waals surface area contributed by atoms with Crippen molar-refractivity contribution in [3.05, 3.63) is 58.6 Å². The van der Waals surface area contributed by atoms with E-state index in [1.54, 1.807) is 49.6 Å². The number of nitrogens with one attached hydrogen (secondary N) is 3. The summed E-state index contributed by atoms with van der Waals surface area (Å²) in [7, 11) is -4.00. The molecule has 0 spiro atoms. The van der Waals surface area contributed by atoms with Crippen LogP contribution in [0.1, 0.15) is 69.9 Å². The molecule has 1 aliphatic heterocycles. The number of ether oxygens (including phenoxy) is 1. The van der Waals surface area contributed by atoms with Gasteiger partial charge in [0.15, 0.2) is 0 Å². The number of benzene rings is 1. The van der Waals surface area contributed by atoms with Crippen molar-refractivity contribution in [1.29, 1.82) is 0 Å². The first-order valence-corrected chi connectivity index (χ1v) is 18.8. The minimum atomic E-state index is -4.00. The number of rotatable bonds is 8. The van der Waals surface area contributed by atoms with Crippen molar-refractivity contribution in [3.8, 4) is 0 Å². The number of nitrogens with zero attached hydrogens (tertiary/aromatic N) is 1. The number of thioether (sulfide) groups is 1. The number of esters is 1. The van der Waals surface area contributed by atoms with Crippen LogP contribution < -0.4 is 21.7 Å². The highest BCUT2D eigenvalue weighted by Crippen LogP contribution is 2.16. The maximum Gasteiger partial charge on any atom is 0.329 e. The fourth-order valence-corrected chi connectivity index (χ4v) is 6.09. The number of amides is 3. The van der Waals surface area contributed by atoms with Crippen LogP contribution in [0.25, 0.3) is 0 Å². The smallest absolute Gasteiger partial charge is 0.329 e. The summed E-state index contributed by atoms with van der Waals surface area (Å²) in [6.45, 7) is 10.4. The Bertz CT molecular complexity index is 1590. The van der Waals surface area contributed by atoms with Gasteiger partial charge in [0.25, 0.3) is 16.0 Å². The van der Waals surface area contributed by atoms with Gasteiger partial charge in [0.1, 0.15) is 28.4 Å². The second-order valence-corrected chi connectivity index (χ2v) is 15.8. The molecule has 1 unspecified atom stereocenters. The van der Waals surface area contributed by atoms with Gasteiger partial charge in [0.2, 0.25) is 16.9 Å². The molecule has 17 heteroatoms. The number of cyclic esters (lactones) is 1. The van der Waals surface area contributed by atoms with Gasteiger partial charge in [-0.25, -0.2) is 9.78 Å². The van der Waals surface area contributed by atoms with Crippen molar-refractivity contribution in [3.63, 3.8) is 0 Å². The molecule has 3 atom stereocenters. The Morgan fingerprint density at radius 2 is 1.82 bits per heavy atom. The molecule has 49 heavy (non-hydrogen) atoms. The standard InChI is InChI=1S/C26H39N5O6S2.C6H6O3S/c1-14(2)20(27)24(35)38-10-8-7-9-16-11-18(32)28-12-19-29-17(13-39-19)22(33)31-26(5,6)25(36)30-21(15(3)4)23(34)37-16;7-10(8,9)6-4-2-1-3-5-6/h7,9,13-16,20-21H,8,10-12,27H2,1-6H3,(H,28,32)(H,30,36)(H,31,33);1-5H,(H,7,8,9)/b9-7+;/t16-,20?,21+;/m1./s1. The predicted octanol–water partition coefficient (Wildman–Crippen LogP) is 2.85. The molecule has 1 aromatic carbocycles. The zero-order valence-electron chi connectivity index (χ0n) is 28.3. The third kappa shape index (κ3) is 14.0. The topological polar surface area (TPSA) is 224 Å². The summed E-state index contributed by atoms with van der Waals surface area (Å²) in [5.74, 6) is -2.01. The van der Waals surface area contributed by atoms with Gasteiger partial charge in [0, 0.05) is 11.1 Å². The van der Waals surface area contributed by atoms with Gasteiger partial charge in [0.05, 0.1) is 23.9 Å². The average Bonchev–Trinajstić information content (AvgIpc) is 3.50. The Labute approximate surface area is 295 Å². The molecule has 3 rings (SSSR count). The number of allylic oxidation sites excluding steroid dienone is 1. The largest absolute Gasteiger partial charge is 0.456 e. The molecule has 14 nitrogen and oxygen atoms in total. The zero-order valence-corrected chi connectivity index (χ0v) is 30.7. The first-order valence-electron chi connectivity index (χ1n) is 15.5. The first kappa shape index (κ1) is 41.5. The number of fused-ring (bicyclic) bond motifs is 2. The van der Waals surface area contributed by atoms with Crippen LogP contribution >= 0.6 is 23.1 Å². The average molecular weight is 740 g/mol. The van der Waals surface area contributed by atoms with Crippen molar-refractivity contribution in [2.24, 2.45) is 17.6 Å². The molecular formula is C32H45N5O9S3. The number of thiazole rings is 1. The Balaban J connectivity index is 0.000000709. The second kappa shape index (κ2) is 18.9. The summed E-state index contributed by atoms with van der Waals surface area (Å²) in [4.78, 5) is 67.8. The van der Waals surface area contributed by atoms with Crippen molar-refractivity contribution in [2.75, 3.05) is 5.75 Å². The number of carbonyl (C=O) groups is 5. The molecule has 1 aliphatic rings. The molecule has 1 aromatic heterocycles. The Hall–Kier alpha value is -3.64. The lowest BCUT2D eigenvalue weighted by atomic mass is 9.99. The van der Waals surface area contributed by atoms with Crippen molar-refractivity contribution in [1.82, 2.24) is 20.9 Å². The lowest BCUT2D eigenvalue weighted by Gasteiger charge is -2.29. The molecule has 0 saturated heterocycles. The minimum Gasteiger partial charge on any atom is -0.456 e. The number of aromatic nitrogens is 1. The molecule has 2 heterocycles. The van der Waals surface area contributed by atoms with Crippen LogP contribution in [0.3, 0.4) is 0 Å². The van der Waals surface area contributed by atoms with Crippen molar-refractivity contribution < 1.29 is 41.7 Å². The molecular weight excluding hydrogens is 695 g/mol. The lowest BCUT2D eigenvalue weighted by Crippen LogP contribution is -2.59. The van der Waals surface area contributed by atoms with Crippen LogP contribution in [0.4, 0.5) is 0 Å². The highest BCUT2D eigenvalue weighted by molar-refractivity contribution is 8.13. The Morgan fingerprint density at radius 1 is 1.16 bits per heavy atom. The van der Waals surface area contributed by atoms with Gasteiger partial charge in [-0.1, -0.05) is 63.7 Å². The number of hydrogen-bond donors (Lipinski definition) is 5. The van der Waals surface area contributed by atoms with Crippen LogP contribution in [0.15, 0.2) is 52.8 Å². The predicted molar refractivity (Wildman–Crippen MR) is 187 cm³/mol. The SMILES string of the molecule is CC(C)C(N)C(=O)SCC/C=C/[C@@H]1CC(=O)NCc2nc(cs2)C(=O)NC(C)(C)C(=O)N[C@@H](C(C)C)C(=O)O1.O=S(=O)(O)c1ccccc1. The van der Waals surface area contributed by atoms with E-state index in [-0.39, 0.29) is 46.4 Å². The van der Waals surface area contributed by atoms with Gasteiger partial charge >= 0.3 is 5.97 Å². The number of nitrogens with two attached hydrogens (primary N) is 1. The van der Waals surface area contributed by atoms with E-state index in [1.165, 1.54) is 37.3 Å². The summed E-state index contributed by atoms with van der Waals surface area (Å²) >= 11 is 2.34. The molecule has 2 aromatic rings. The van der Waals surface area contributed by atoms with Crippen LogP contribution in [-0.4, -0.2) is 76.2 Å². The van der Waals surface area contributed by atoms with Crippen LogP contribution in [0.2, 0.25) is 0 Å². The van der Waals surface area contributed by atoms with Gasteiger partial charge in [-0.2, -0.15) is 8.42 Å². The summed E-state index contributed by atoms with van der Waals surface area (Å²) in [6.07, 6.45) is 2.80. The Kier molecular flexibility index (Phi) is 16.1. The van der Waals surface area contributed by atoms with E-state index in [1.807, 2.05) is 13.8 Å². The quantitative estimate of drug-likeness (QED) is 0.114. The molecule has 0 aliphatic carbocycles. The van der Waals surface area contributed by atoms with Gasteiger partial charge in [-0.3, -0.25) is 23.7 Å². The lowest BCUT2D eigenvalue weighted by molar-refractivity contribution is -0.153. The maximum absolute atomic E-state index is 13.1. The number of hydrogen-bond acceptors (Lipinski definition) is 12. The molecule has 0 fully saturated rings. The highest BCUT2D eigenvalue weighted by atomic mass is 32.2. The van der Waals surface area contributed by atoms with Crippen LogP contribution in [-0.2, 0) is 40.6 Å². The number of carbonyl (C=O) groups excluding carboxylic acids is 5. The summed E-state index contributed by atoms with van der Waals surface area (Å²) in [5, 5.41) is 10.0. The normalized spacial score (nSPS) is 19.7. The summed E-state index contributed by atoms with van der Waals surface area (Å²) < 4.78 is 34.9.